The van der Waals surface area contributed by atoms with Gasteiger partial charge in [-0.3, -0.25) is 4.99 Å². The lowest BCUT2D eigenvalue weighted by molar-refractivity contribution is -0.673. The Kier molecular flexibility index (Phi) is 8.30. The molecular weight excluding hydrogens is 478 g/mol. The molecule has 1 aliphatic carbocycles. The van der Waals surface area contributed by atoms with Crippen LogP contribution >= 0.6 is 0 Å². The summed E-state index contributed by atoms with van der Waals surface area (Å²) in [5.74, 6) is 2.22. The highest BCUT2D eigenvalue weighted by atomic mass is 16.5. The van der Waals surface area contributed by atoms with Crippen molar-refractivity contribution in [1.29, 1.82) is 0 Å². The summed E-state index contributed by atoms with van der Waals surface area (Å²) in [4.78, 5) is 5.00. The van der Waals surface area contributed by atoms with Gasteiger partial charge in [-0.15, -0.1) is 6.58 Å². The molecule has 0 radical (unpaired) electrons. The van der Waals surface area contributed by atoms with Gasteiger partial charge in [0.1, 0.15) is 12.8 Å². The third-order valence-corrected chi connectivity index (χ3v) is 8.63. The van der Waals surface area contributed by atoms with Gasteiger partial charge in [-0.2, -0.15) is 0 Å². The molecule has 3 aliphatic rings. The van der Waals surface area contributed by atoms with E-state index in [-0.39, 0.29) is 12.0 Å². The van der Waals surface area contributed by atoms with Crippen LogP contribution in [0.15, 0.2) is 103 Å². The van der Waals surface area contributed by atoms with Gasteiger partial charge in [-0.05, 0) is 54.5 Å². The minimum Gasteiger partial charge on any atom is -0.442 e. The number of hydrogen-bond donors (Lipinski definition) is 1. The van der Waals surface area contributed by atoms with Crippen LogP contribution in [0, 0.1) is 5.92 Å². The van der Waals surface area contributed by atoms with Crippen LogP contribution in [0.25, 0.3) is 5.57 Å². The SMILES string of the molecule is C=CC1=NC(C=C)C(CCC2=C(c3cc(CC4CCCCC4)cc[n+]3C)C(=C)OC(=C)NC2)c2ccccc21. The Morgan fingerprint density at radius 2 is 1.90 bits per heavy atom. The third kappa shape index (κ3) is 5.85. The van der Waals surface area contributed by atoms with E-state index in [0.29, 0.717) is 18.2 Å². The van der Waals surface area contributed by atoms with Gasteiger partial charge in [-0.1, -0.05) is 75.6 Å². The lowest BCUT2D eigenvalue weighted by Crippen LogP contribution is -2.34. The standard InChI is InChI=1S/C35H42N3O/c1-6-32-30-16-12-11-15-29(30)31(33(7-2)37-32)18-17-28-23-36-25(4)39-24(3)35(28)34-22-27(19-20-38(34)5)21-26-13-9-8-10-14-26/h6-7,11-12,15-16,19-20,22,26,31,33,36H,1-4,8-10,13-14,17-18,21,23H2,5H3/q+1. The lowest BCUT2D eigenvalue weighted by Gasteiger charge is -2.30. The summed E-state index contributed by atoms with van der Waals surface area (Å²) in [6, 6.07) is 13.2. The summed E-state index contributed by atoms with van der Waals surface area (Å²) in [6.45, 7) is 17.2. The average molecular weight is 521 g/mol. The van der Waals surface area contributed by atoms with Crippen molar-refractivity contribution in [2.24, 2.45) is 18.0 Å². The Hall–Kier alpha value is -3.66. The van der Waals surface area contributed by atoms with Gasteiger partial charge in [0, 0.05) is 30.2 Å². The predicted molar refractivity (Wildman–Crippen MR) is 161 cm³/mol. The number of rotatable bonds is 8. The molecule has 2 unspecified atom stereocenters. The maximum atomic E-state index is 6.05. The molecule has 4 nitrogen and oxygen atoms in total. The van der Waals surface area contributed by atoms with Crippen molar-refractivity contribution in [2.75, 3.05) is 6.54 Å². The Labute approximate surface area is 234 Å². The molecule has 0 bridgehead atoms. The number of aromatic nitrogens is 1. The normalized spacial score (nSPS) is 21.8. The second-order valence-electron chi connectivity index (χ2n) is 11.2. The molecule has 202 valence electrons. The number of nitrogens with zero attached hydrogens (tertiary/aromatic N) is 2. The van der Waals surface area contributed by atoms with Crippen LogP contribution in [0.5, 0.6) is 0 Å². The highest BCUT2D eigenvalue weighted by molar-refractivity contribution is 6.10. The van der Waals surface area contributed by atoms with E-state index in [1.807, 2.05) is 12.2 Å². The molecule has 0 spiro atoms. The summed E-state index contributed by atoms with van der Waals surface area (Å²) in [5, 5.41) is 3.37. The molecule has 2 atom stereocenters. The number of allylic oxidation sites excluding steroid dienone is 2. The lowest BCUT2D eigenvalue weighted by atomic mass is 9.80. The number of hydrogen-bond acceptors (Lipinski definition) is 3. The first kappa shape index (κ1) is 26.9. The van der Waals surface area contributed by atoms with Gasteiger partial charge in [-0.25, -0.2) is 4.57 Å². The van der Waals surface area contributed by atoms with Gasteiger partial charge in [0.25, 0.3) is 0 Å². The van der Waals surface area contributed by atoms with Crippen molar-refractivity contribution >= 4 is 11.3 Å². The summed E-state index contributed by atoms with van der Waals surface area (Å²) < 4.78 is 8.25. The third-order valence-electron chi connectivity index (χ3n) is 8.63. The first-order chi connectivity index (χ1) is 19.0. The smallest absolute Gasteiger partial charge is 0.216 e. The van der Waals surface area contributed by atoms with E-state index < -0.39 is 0 Å². The first-order valence-corrected chi connectivity index (χ1v) is 14.4. The molecule has 1 N–H and O–H groups in total. The van der Waals surface area contributed by atoms with E-state index in [9.17, 15) is 0 Å². The van der Waals surface area contributed by atoms with Crippen LogP contribution in [0.4, 0.5) is 0 Å². The number of ether oxygens (including phenoxy) is 1. The number of fused-ring (bicyclic) bond motifs is 1. The molecule has 0 saturated heterocycles. The van der Waals surface area contributed by atoms with Crippen molar-refractivity contribution in [2.45, 2.75) is 63.3 Å². The molecule has 1 aromatic carbocycles. The highest BCUT2D eigenvalue weighted by Gasteiger charge is 2.31. The molecule has 3 heterocycles. The molecule has 1 saturated carbocycles. The maximum Gasteiger partial charge on any atom is 0.216 e. The monoisotopic (exact) mass is 520 g/mol. The average Bonchev–Trinajstić information content (AvgIpc) is 3.09. The van der Waals surface area contributed by atoms with Crippen molar-refractivity contribution in [3.05, 3.63) is 121 Å². The maximum absolute atomic E-state index is 6.05. The van der Waals surface area contributed by atoms with Crippen molar-refractivity contribution < 1.29 is 9.30 Å². The number of aliphatic imine (C=N–C) groups is 1. The molecule has 1 fully saturated rings. The number of nitrogens with one attached hydrogen (secondary N) is 1. The molecule has 1 aromatic heterocycles. The zero-order chi connectivity index (χ0) is 27.4. The van der Waals surface area contributed by atoms with E-state index in [1.165, 1.54) is 54.4 Å². The summed E-state index contributed by atoms with van der Waals surface area (Å²) in [7, 11) is 2.11. The second kappa shape index (κ2) is 12.0. The zero-order valence-electron chi connectivity index (χ0n) is 23.4. The van der Waals surface area contributed by atoms with Crippen LogP contribution in [-0.2, 0) is 18.2 Å². The van der Waals surface area contributed by atoms with Crippen LogP contribution in [0.1, 0.15) is 73.2 Å². The number of aryl methyl sites for hydroxylation is 1. The van der Waals surface area contributed by atoms with E-state index in [4.69, 9.17) is 9.73 Å². The molecule has 5 rings (SSSR count). The van der Waals surface area contributed by atoms with E-state index in [1.54, 1.807) is 0 Å². The second-order valence-corrected chi connectivity index (χ2v) is 11.2. The quantitative estimate of drug-likeness (QED) is 0.298. The fraction of sp³-hybridized carbons (Fsp3) is 0.371. The first-order valence-electron chi connectivity index (χ1n) is 14.4. The van der Waals surface area contributed by atoms with E-state index in [2.05, 4.69) is 85.8 Å². The molecule has 0 amide bonds. The fourth-order valence-corrected chi connectivity index (χ4v) is 6.57. The molecular formula is C35H42N3O+. The Morgan fingerprint density at radius 3 is 2.67 bits per heavy atom. The van der Waals surface area contributed by atoms with Gasteiger partial charge < -0.3 is 10.1 Å². The topological polar surface area (TPSA) is 37.5 Å². The molecule has 39 heavy (non-hydrogen) atoms. The summed E-state index contributed by atoms with van der Waals surface area (Å²) in [6.07, 6.45) is 15.8. The van der Waals surface area contributed by atoms with E-state index in [0.717, 1.165) is 42.2 Å². The Morgan fingerprint density at radius 1 is 1.10 bits per heavy atom. The van der Waals surface area contributed by atoms with Crippen molar-refractivity contribution in [1.82, 2.24) is 5.32 Å². The van der Waals surface area contributed by atoms with Crippen LogP contribution in [0.3, 0.4) is 0 Å². The van der Waals surface area contributed by atoms with E-state index >= 15 is 0 Å². The summed E-state index contributed by atoms with van der Waals surface area (Å²) in [5.41, 5.74) is 8.34. The fourth-order valence-electron chi connectivity index (χ4n) is 6.57. The van der Waals surface area contributed by atoms with Crippen LogP contribution < -0.4 is 9.88 Å². The predicted octanol–water partition coefficient (Wildman–Crippen LogP) is 7.10. The van der Waals surface area contributed by atoms with Crippen LogP contribution in [-0.4, -0.2) is 18.3 Å². The minimum absolute atomic E-state index is 0.0139. The Balaban J connectivity index is 1.48. The van der Waals surface area contributed by atoms with Gasteiger partial charge in [0.05, 0.1) is 17.3 Å². The van der Waals surface area contributed by atoms with Crippen molar-refractivity contribution in [3.63, 3.8) is 0 Å². The van der Waals surface area contributed by atoms with Crippen molar-refractivity contribution in [3.8, 4) is 0 Å². The van der Waals surface area contributed by atoms with Gasteiger partial charge in [0.2, 0.25) is 5.69 Å². The molecule has 2 aliphatic heterocycles. The Bertz CT molecular complexity index is 1340. The molecule has 4 heteroatoms. The molecule has 2 aromatic rings. The van der Waals surface area contributed by atoms with Crippen LogP contribution in [0.2, 0.25) is 0 Å². The highest BCUT2D eigenvalue weighted by Crippen LogP contribution is 2.38. The number of pyridine rings is 1. The largest absolute Gasteiger partial charge is 0.442 e. The van der Waals surface area contributed by atoms with Gasteiger partial charge in [0.15, 0.2) is 12.1 Å². The number of benzene rings is 1. The zero-order valence-corrected chi connectivity index (χ0v) is 23.4. The minimum atomic E-state index is 0.0139. The summed E-state index contributed by atoms with van der Waals surface area (Å²) >= 11 is 0. The van der Waals surface area contributed by atoms with Gasteiger partial charge >= 0.3 is 0 Å².